The van der Waals surface area contributed by atoms with Gasteiger partial charge in [-0.15, -0.1) is 0 Å². The molecule has 7 heteroatoms. The molecule has 3 N–H and O–H groups in total. The van der Waals surface area contributed by atoms with Gasteiger partial charge in [-0.1, -0.05) is 6.07 Å². The molecule has 1 aromatic heterocycles. The van der Waals surface area contributed by atoms with E-state index in [0.717, 1.165) is 16.5 Å². The van der Waals surface area contributed by atoms with Gasteiger partial charge < -0.3 is 10.3 Å². The molecule has 25 heavy (non-hydrogen) atoms. The minimum atomic E-state index is -3.58. The molecule has 1 aliphatic heterocycles. The third kappa shape index (κ3) is 2.63. The number of hydrogen-bond donors (Lipinski definition) is 3. The van der Waals surface area contributed by atoms with Crippen molar-refractivity contribution in [1.82, 2.24) is 9.71 Å². The lowest BCUT2D eigenvalue weighted by Crippen LogP contribution is -2.18. The van der Waals surface area contributed by atoms with Gasteiger partial charge in [-0.05, 0) is 60.5 Å². The van der Waals surface area contributed by atoms with E-state index in [1.54, 1.807) is 12.1 Å². The van der Waals surface area contributed by atoms with Gasteiger partial charge in [0.2, 0.25) is 10.0 Å². The van der Waals surface area contributed by atoms with Gasteiger partial charge in [0.1, 0.15) is 0 Å². The first-order valence-electron chi connectivity index (χ1n) is 7.66. The Kier molecular flexibility index (Phi) is 3.48. The van der Waals surface area contributed by atoms with Crippen LogP contribution in [0.15, 0.2) is 53.6 Å². The maximum Gasteiger partial charge on any atom is 0.256 e. The number of aromatic amines is 1. The normalized spacial score (nSPS) is 15.6. The lowest BCUT2D eigenvalue weighted by Gasteiger charge is -2.05. The van der Waals surface area contributed by atoms with E-state index in [1.165, 1.54) is 19.2 Å². The summed E-state index contributed by atoms with van der Waals surface area (Å²) >= 11 is 0. The number of benzene rings is 2. The van der Waals surface area contributed by atoms with Crippen LogP contribution in [0.1, 0.15) is 11.1 Å². The van der Waals surface area contributed by atoms with Crippen LogP contribution in [0.4, 0.5) is 5.69 Å². The van der Waals surface area contributed by atoms with Crippen LogP contribution < -0.4 is 10.0 Å². The first kappa shape index (κ1) is 15.6. The van der Waals surface area contributed by atoms with Crippen LogP contribution in [0.5, 0.6) is 0 Å². The SMILES string of the molecule is CNS(=O)(=O)c1ccc2c(c1)C(=Cc1ccc3[nH]ccc3c1)C(=O)N2. The van der Waals surface area contributed by atoms with Crippen LogP contribution in [0.25, 0.3) is 22.6 Å². The van der Waals surface area contributed by atoms with Crippen LogP contribution in [-0.4, -0.2) is 26.4 Å². The molecule has 0 aliphatic carbocycles. The van der Waals surface area contributed by atoms with Crippen molar-refractivity contribution in [2.24, 2.45) is 0 Å². The van der Waals surface area contributed by atoms with Crippen molar-refractivity contribution >= 4 is 44.2 Å². The van der Waals surface area contributed by atoms with Crippen LogP contribution in [0, 0.1) is 0 Å². The summed E-state index contributed by atoms with van der Waals surface area (Å²) < 4.78 is 26.3. The fraction of sp³-hybridized carbons (Fsp3) is 0.0556. The molecule has 4 rings (SSSR count). The molecule has 0 bridgehead atoms. The zero-order chi connectivity index (χ0) is 17.6. The fourth-order valence-corrected chi connectivity index (χ4v) is 3.68. The molecule has 0 saturated heterocycles. The highest BCUT2D eigenvalue weighted by molar-refractivity contribution is 7.89. The van der Waals surface area contributed by atoms with Crippen molar-refractivity contribution in [3.63, 3.8) is 0 Å². The van der Waals surface area contributed by atoms with Crippen molar-refractivity contribution in [1.29, 1.82) is 0 Å². The van der Waals surface area contributed by atoms with Crippen molar-refractivity contribution in [2.45, 2.75) is 4.90 Å². The second kappa shape index (κ2) is 5.58. The predicted molar refractivity (Wildman–Crippen MR) is 97.5 cm³/mol. The van der Waals surface area contributed by atoms with Gasteiger partial charge in [0, 0.05) is 28.5 Å². The van der Waals surface area contributed by atoms with Gasteiger partial charge in [0.25, 0.3) is 5.91 Å². The molecule has 2 aromatic carbocycles. The molecule has 0 radical (unpaired) electrons. The summed E-state index contributed by atoms with van der Waals surface area (Å²) in [4.78, 5) is 15.6. The summed E-state index contributed by atoms with van der Waals surface area (Å²) in [6.07, 6.45) is 3.62. The Morgan fingerprint density at radius 1 is 1.08 bits per heavy atom. The van der Waals surface area contributed by atoms with E-state index < -0.39 is 10.0 Å². The second-order valence-electron chi connectivity index (χ2n) is 5.75. The van der Waals surface area contributed by atoms with Gasteiger partial charge in [-0.3, -0.25) is 4.79 Å². The molecule has 6 nitrogen and oxygen atoms in total. The van der Waals surface area contributed by atoms with Gasteiger partial charge in [-0.2, -0.15) is 0 Å². The van der Waals surface area contributed by atoms with E-state index in [9.17, 15) is 13.2 Å². The van der Waals surface area contributed by atoms with E-state index in [2.05, 4.69) is 15.0 Å². The van der Waals surface area contributed by atoms with Gasteiger partial charge in [0.05, 0.1) is 4.90 Å². The number of anilines is 1. The monoisotopic (exact) mass is 353 g/mol. The maximum atomic E-state index is 12.3. The largest absolute Gasteiger partial charge is 0.361 e. The van der Waals surface area contributed by atoms with E-state index in [-0.39, 0.29) is 10.8 Å². The van der Waals surface area contributed by atoms with Crippen LogP contribution in [0.2, 0.25) is 0 Å². The topological polar surface area (TPSA) is 91.1 Å². The Labute approximate surface area is 144 Å². The Hall–Kier alpha value is -2.90. The lowest BCUT2D eigenvalue weighted by molar-refractivity contribution is -0.110. The molecular formula is C18H15N3O3S. The van der Waals surface area contributed by atoms with Crippen LogP contribution in [0.3, 0.4) is 0 Å². The van der Waals surface area contributed by atoms with E-state index in [4.69, 9.17) is 0 Å². The number of amides is 1. The summed E-state index contributed by atoms with van der Waals surface area (Å²) in [5.41, 5.74) is 3.51. The lowest BCUT2D eigenvalue weighted by atomic mass is 10.0. The molecule has 2 heterocycles. The average molecular weight is 353 g/mol. The Morgan fingerprint density at radius 2 is 1.92 bits per heavy atom. The zero-order valence-corrected chi connectivity index (χ0v) is 14.1. The van der Waals surface area contributed by atoms with E-state index >= 15 is 0 Å². The summed E-state index contributed by atoms with van der Waals surface area (Å²) in [5.74, 6) is -0.247. The Balaban J connectivity index is 1.84. The van der Waals surface area contributed by atoms with Gasteiger partial charge in [-0.25, -0.2) is 13.1 Å². The third-order valence-electron chi connectivity index (χ3n) is 4.24. The maximum absolute atomic E-state index is 12.3. The van der Waals surface area contributed by atoms with Crippen molar-refractivity contribution in [3.8, 4) is 0 Å². The first-order chi connectivity index (χ1) is 12.0. The Morgan fingerprint density at radius 3 is 2.72 bits per heavy atom. The summed E-state index contributed by atoms with van der Waals surface area (Å²) in [5, 5.41) is 3.81. The molecule has 126 valence electrons. The number of carbonyl (C=O) groups excluding carboxylic acids is 1. The molecule has 0 spiro atoms. The number of H-pyrrole nitrogens is 1. The average Bonchev–Trinajstić information content (AvgIpc) is 3.19. The van der Waals surface area contributed by atoms with Crippen molar-refractivity contribution in [2.75, 3.05) is 12.4 Å². The summed E-state index contributed by atoms with van der Waals surface area (Å²) in [6, 6.07) is 12.4. The molecular weight excluding hydrogens is 338 g/mol. The third-order valence-corrected chi connectivity index (χ3v) is 5.65. The minimum absolute atomic E-state index is 0.122. The number of carbonyl (C=O) groups is 1. The van der Waals surface area contributed by atoms with E-state index in [0.29, 0.717) is 16.8 Å². The summed E-state index contributed by atoms with van der Waals surface area (Å²) in [7, 11) is -2.22. The Bertz CT molecular complexity index is 1140. The molecule has 0 atom stereocenters. The highest BCUT2D eigenvalue weighted by Crippen LogP contribution is 2.35. The number of rotatable bonds is 3. The highest BCUT2D eigenvalue weighted by Gasteiger charge is 2.26. The number of nitrogens with one attached hydrogen (secondary N) is 3. The molecule has 1 amide bonds. The smallest absolute Gasteiger partial charge is 0.256 e. The zero-order valence-electron chi connectivity index (χ0n) is 13.3. The molecule has 0 fully saturated rings. The number of hydrogen-bond acceptors (Lipinski definition) is 3. The summed E-state index contributed by atoms with van der Waals surface area (Å²) in [6.45, 7) is 0. The van der Waals surface area contributed by atoms with Crippen molar-refractivity contribution in [3.05, 3.63) is 59.8 Å². The van der Waals surface area contributed by atoms with Crippen LogP contribution in [-0.2, 0) is 14.8 Å². The van der Waals surface area contributed by atoms with Gasteiger partial charge >= 0.3 is 0 Å². The number of aromatic nitrogens is 1. The van der Waals surface area contributed by atoms with Crippen LogP contribution >= 0.6 is 0 Å². The molecule has 3 aromatic rings. The second-order valence-corrected chi connectivity index (χ2v) is 7.64. The quantitative estimate of drug-likeness (QED) is 0.632. The van der Waals surface area contributed by atoms with Gasteiger partial charge in [0.15, 0.2) is 0 Å². The first-order valence-corrected chi connectivity index (χ1v) is 9.14. The number of fused-ring (bicyclic) bond motifs is 2. The standard InChI is InChI=1S/C18H15N3O3S/c1-19-25(23,24)13-3-5-17-14(10-13)15(18(22)21-17)9-11-2-4-16-12(8-11)6-7-20-16/h2-10,19-20H,1H3,(H,21,22). The molecule has 0 saturated carbocycles. The molecule has 0 unspecified atom stereocenters. The molecule has 1 aliphatic rings. The minimum Gasteiger partial charge on any atom is -0.361 e. The number of sulfonamides is 1. The highest BCUT2D eigenvalue weighted by atomic mass is 32.2. The predicted octanol–water partition coefficient (Wildman–Crippen LogP) is 2.57. The van der Waals surface area contributed by atoms with Crippen molar-refractivity contribution < 1.29 is 13.2 Å². The van der Waals surface area contributed by atoms with E-state index in [1.807, 2.05) is 30.5 Å². The fourth-order valence-electron chi connectivity index (χ4n) is 2.92.